The fraction of sp³-hybridized carbons (Fsp3) is 0.273. The number of benzene rings is 1. The molecule has 6 nitrogen and oxygen atoms in total. The van der Waals surface area contributed by atoms with Crippen LogP contribution in [-0.2, 0) is 16.1 Å². The summed E-state index contributed by atoms with van der Waals surface area (Å²) in [6, 6.07) is 4.95. The van der Waals surface area contributed by atoms with Gasteiger partial charge < -0.3 is 20.3 Å². The van der Waals surface area contributed by atoms with Crippen molar-refractivity contribution < 1.29 is 19.3 Å². The number of nitrogens with one attached hydrogen (secondary N) is 2. The maximum Gasteiger partial charge on any atom is 0.491 e. The van der Waals surface area contributed by atoms with Crippen molar-refractivity contribution in [2.75, 3.05) is 13.6 Å². The third kappa shape index (κ3) is 2.52. The summed E-state index contributed by atoms with van der Waals surface area (Å²) in [7, 11) is 0.518. The largest absolute Gasteiger partial charge is 0.491 e. The van der Waals surface area contributed by atoms with Crippen LogP contribution in [0.1, 0.15) is 15.9 Å². The van der Waals surface area contributed by atoms with Gasteiger partial charge in [-0.3, -0.25) is 9.59 Å². The minimum atomic E-state index is -0.980. The molecule has 1 heterocycles. The van der Waals surface area contributed by atoms with Crippen LogP contribution in [-0.4, -0.2) is 37.5 Å². The van der Waals surface area contributed by atoms with Crippen molar-refractivity contribution in [1.82, 2.24) is 10.6 Å². The second-order valence-corrected chi connectivity index (χ2v) is 3.93. The molecule has 3 N–H and O–H groups in total. The maximum atomic E-state index is 11.8. The molecule has 2 amide bonds. The molecule has 18 heavy (non-hydrogen) atoms. The molecule has 94 valence electrons. The van der Waals surface area contributed by atoms with Crippen molar-refractivity contribution in [2.45, 2.75) is 6.61 Å². The highest BCUT2D eigenvalue weighted by molar-refractivity contribution is 6.61. The van der Waals surface area contributed by atoms with E-state index in [2.05, 4.69) is 10.6 Å². The maximum absolute atomic E-state index is 11.8. The first kappa shape index (κ1) is 12.6. The normalized spacial score (nSPS) is 13.1. The lowest BCUT2D eigenvalue weighted by Gasteiger charge is -2.06. The Hall–Kier alpha value is -1.86. The van der Waals surface area contributed by atoms with Gasteiger partial charge >= 0.3 is 7.12 Å². The van der Waals surface area contributed by atoms with Crippen LogP contribution in [0.4, 0.5) is 0 Å². The first-order chi connectivity index (χ1) is 8.61. The van der Waals surface area contributed by atoms with Crippen LogP contribution in [0, 0.1) is 0 Å². The van der Waals surface area contributed by atoms with Gasteiger partial charge in [-0.2, -0.15) is 0 Å². The van der Waals surface area contributed by atoms with E-state index in [9.17, 15) is 14.6 Å². The summed E-state index contributed by atoms with van der Waals surface area (Å²) in [5.41, 5.74) is 1.86. The fourth-order valence-corrected chi connectivity index (χ4v) is 1.71. The van der Waals surface area contributed by atoms with Crippen LogP contribution >= 0.6 is 0 Å². The minimum Gasteiger partial charge on any atom is -0.423 e. The van der Waals surface area contributed by atoms with Crippen molar-refractivity contribution in [2.24, 2.45) is 0 Å². The van der Waals surface area contributed by atoms with E-state index >= 15 is 0 Å². The minimum absolute atomic E-state index is 0.0779. The Kier molecular flexibility index (Phi) is 3.64. The fourth-order valence-electron chi connectivity index (χ4n) is 1.71. The molecule has 1 aromatic carbocycles. The molecule has 1 aliphatic heterocycles. The molecule has 0 bridgehead atoms. The van der Waals surface area contributed by atoms with E-state index < -0.39 is 7.12 Å². The summed E-state index contributed by atoms with van der Waals surface area (Å²) in [4.78, 5) is 22.8. The quantitative estimate of drug-likeness (QED) is 0.561. The molecule has 1 aromatic rings. The van der Waals surface area contributed by atoms with E-state index in [1.54, 1.807) is 18.2 Å². The number of hydrogen-bond donors (Lipinski definition) is 3. The van der Waals surface area contributed by atoms with Crippen molar-refractivity contribution in [3.8, 4) is 0 Å². The highest BCUT2D eigenvalue weighted by Gasteiger charge is 2.27. The van der Waals surface area contributed by atoms with Crippen LogP contribution < -0.4 is 16.1 Å². The predicted octanol–water partition coefficient (Wildman–Crippen LogP) is -1.62. The lowest BCUT2D eigenvalue weighted by molar-refractivity contribution is -0.119. The third-order valence-electron chi connectivity index (χ3n) is 2.76. The lowest BCUT2D eigenvalue weighted by atomic mass is 9.79. The number of carbonyl (C=O) groups is 2. The molecule has 0 fully saturated rings. The Labute approximate surface area is 104 Å². The van der Waals surface area contributed by atoms with Crippen LogP contribution in [0.3, 0.4) is 0 Å². The molecule has 0 unspecified atom stereocenters. The van der Waals surface area contributed by atoms with Gasteiger partial charge in [-0.05, 0) is 23.2 Å². The van der Waals surface area contributed by atoms with Crippen molar-refractivity contribution in [1.29, 1.82) is 0 Å². The molecule has 0 spiro atoms. The van der Waals surface area contributed by atoms with Gasteiger partial charge in [0.25, 0.3) is 5.91 Å². The Morgan fingerprint density at radius 3 is 3.00 bits per heavy atom. The summed E-state index contributed by atoms with van der Waals surface area (Å²) >= 11 is 0. The summed E-state index contributed by atoms with van der Waals surface area (Å²) in [6.45, 7) is 0.266. The van der Waals surface area contributed by atoms with E-state index in [-0.39, 0.29) is 18.4 Å². The molecule has 0 saturated carbocycles. The van der Waals surface area contributed by atoms with Crippen molar-refractivity contribution >= 4 is 24.4 Å². The first-order valence-electron chi connectivity index (χ1n) is 5.53. The van der Waals surface area contributed by atoms with Crippen LogP contribution in [0.5, 0.6) is 0 Å². The Bertz CT molecular complexity index is 492. The highest BCUT2D eigenvalue weighted by Crippen LogP contribution is 2.11. The highest BCUT2D eigenvalue weighted by atomic mass is 16.5. The molecular weight excluding hydrogens is 235 g/mol. The summed E-state index contributed by atoms with van der Waals surface area (Å²) < 4.78 is 5.03. The predicted molar refractivity (Wildman–Crippen MR) is 65.2 cm³/mol. The summed E-state index contributed by atoms with van der Waals surface area (Å²) in [6.07, 6.45) is 0. The number of hydrogen-bond acceptors (Lipinski definition) is 4. The van der Waals surface area contributed by atoms with Gasteiger partial charge in [0, 0.05) is 12.6 Å². The number of amides is 2. The van der Waals surface area contributed by atoms with Gasteiger partial charge in [0.1, 0.15) is 0 Å². The van der Waals surface area contributed by atoms with Gasteiger partial charge in [0.15, 0.2) is 0 Å². The molecule has 7 heteroatoms. The second kappa shape index (κ2) is 5.20. The van der Waals surface area contributed by atoms with Crippen LogP contribution in [0.15, 0.2) is 18.2 Å². The monoisotopic (exact) mass is 248 g/mol. The van der Waals surface area contributed by atoms with Gasteiger partial charge in [-0.1, -0.05) is 6.07 Å². The average molecular weight is 248 g/mol. The molecule has 0 aromatic heterocycles. The van der Waals surface area contributed by atoms with Crippen molar-refractivity contribution in [3.63, 3.8) is 0 Å². The second-order valence-electron chi connectivity index (χ2n) is 3.93. The van der Waals surface area contributed by atoms with Gasteiger partial charge in [-0.25, -0.2) is 0 Å². The molecule has 1 aliphatic rings. The Balaban J connectivity index is 2.07. The number of rotatable bonds is 3. The smallest absolute Gasteiger partial charge is 0.423 e. The Morgan fingerprint density at radius 2 is 2.28 bits per heavy atom. The zero-order chi connectivity index (χ0) is 13.1. The van der Waals surface area contributed by atoms with E-state index in [4.69, 9.17) is 4.65 Å². The topological polar surface area (TPSA) is 87.7 Å². The zero-order valence-corrected chi connectivity index (χ0v) is 9.90. The average Bonchev–Trinajstić information content (AvgIpc) is 2.76. The molecule has 0 aliphatic carbocycles. The number of fused-ring (bicyclic) bond motifs is 1. The van der Waals surface area contributed by atoms with Crippen LogP contribution in [0.25, 0.3) is 0 Å². The van der Waals surface area contributed by atoms with E-state index in [1.165, 1.54) is 7.05 Å². The SMILES string of the molecule is CNC(=O)CNC(=O)c1ccc2c(c1)B(O)OC2. The number of likely N-dealkylation sites (N-methyl/N-ethyl adjacent to an activating group) is 1. The van der Waals surface area contributed by atoms with Crippen molar-refractivity contribution in [3.05, 3.63) is 29.3 Å². The van der Waals surface area contributed by atoms with E-state index in [0.717, 1.165) is 5.56 Å². The van der Waals surface area contributed by atoms with Gasteiger partial charge in [0.2, 0.25) is 5.91 Å². The molecule has 0 atom stereocenters. The molecule has 0 saturated heterocycles. The third-order valence-corrected chi connectivity index (χ3v) is 2.76. The van der Waals surface area contributed by atoms with E-state index in [1.807, 2.05) is 0 Å². The summed E-state index contributed by atoms with van der Waals surface area (Å²) in [5.74, 6) is -0.631. The van der Waals surface area contributed by atoms with E-state index in [0.29, 0.717) is 17.6 Å². The Morgan fingerprint density at radius 1 is 1.50 bits per heavy atom. The standard InChI is InChI=1S/C11H13BN2O4/c1-13-10(15)5-14-11(16)7-2-3-8-6-18-12(17)9(8)4-7/h2-4,17H,5-6H2,1H3,(H,13,15)(H,14,16). The molecule has 0 radical (unpaired) electrons. The van der Waals surface area contributed by atoms with Gasteiger partial charge in [0.05, 0.1) is 13.2 Å². The van der Waals surface area contributed by atoms with Crippen LogP contribution in [0.2, 0.25) is 0 Å². The molecular formula is C11H13BN2O4. The first-order valence-corrected chi connectivity index (χ1v) is 5.53. The molecule has 2 rings (SSSR count). The number of carbonyl (C=O) groups excluding carboxylic acids is 2. The lowest BCUT2D eigenvalue weighted by Crippen LogP contribution is -2.36. The zero-order valence-electron chi connectivity index (χ0n) is 9.90. The summed E-state index contributed by atoms with van der Waals surface area (Å²) in [5, 5.41) is 14.4. The van der Waals surface area contributed by atoms with Gasteiger partial charge in [-0.15, -0.1) is 0 Å².